The molecule has 3 aromatic carbocycles. The van der Waals surface area contributed by atoms with Crippen LogP contribution >= 0.6 is 0 Å². The number of carbonyl (C=O) groups excluding carboxylic acids is 1. The molecule has 2 aliphatic heterocycles. The summed E-state index contributed by atoms with van der Waals surface area (Å²) in [7, 11) is 0. The second-order valence-electron chi connectivity index (χ2n) is 10.2. The van der Waals surface area contributed by atoms with E-state index in [4.69, 9.17) is 23.7 Å². The number of benzene rings is 3. The smallest absolute Gasteiger partial charge is 0.486 e. The summed E-state index contributed by atoms with van der Waals surface area (Å²) in [4.78, 5) is 12.1. The third-order valence-corrected chi connectivity index (χ3v) is 7.47. The Morgan fingerprint density at radius 2 is 1.61 bits per heavy atom. The Balaban J connectivity index is 1.24. The number of hydrogen-bond donors (Lipinski definition) is 3. The van der Waals surface area contributed by atoms with Crippen molar-refractivity contribution in [1.29, 1.82) is 0 Å². The fourth-order valence-corrected chi connectivity index (χ4v) is 5.20. The van der Waals surface area contributed by atoms with Gasteiger partial charge in [0.2, 0.25) is 0 Å². The molecular formula is C32H36O9. The van der Waals surface area contributed by atoms with Crippen LogP contribution in [-0.4, -0.2) is 72.3 Å². The first-order valence-corrected chi connectivity index (χ1v) is 14.0. The summed E-state index contributed by atoms with van der Waals surface area (Å²) in [5.41, 5.74) is 4.87. The number of fused-ring (bicyclic) bond motifs is 1. The molecule has 2 aliphatic rings. The Morgan fingerprint density at radius 1 is 0.829 bits per heavy atom. The van der Waals surface area contributed by atoms with Gasteiger partial charge in [-0.3, -0.25) is 0 Å². The number of aliphatic hydroxyl groups is 3. The van der Waals surface area contributed by atoms with E-state index in [-0.39, 0.29) is 13.2 Å². The second-order valence-corrected chi connectivity index (χ2v) is 10.2. The quantitative estimate of drug-likeness (QED) is 0.335. The van der Waals surface area contributed by atoms with E-state index in [9.17, 15) is 20.1 Å². The van der Waals surface area contributed by atoms with E-state index in [1.54, 1.807) is 0 Å². The monoisotopic (exact) mass is 564 g/mol. The molecule has 1 saturated heterocycles. The summed E-state index contributed by atoms with van der Waals surface area (Å²) < 4.78 is 27.7. The van der Waals surface area contributed by atoms with Gasteiger partial charge in [0.05, 0.1) is 6.61 Å². The van der Waals surface area contributed by atoms with Crippen LogP contribution in [0.2, 0.25) is 0 Å². The lowest BCUT2D eigenvalue weighted by atomic mass is 9.88. The number of carbonyl (C=O) groups is 1. The summed E-state index contributed by atoms with van der Waals surface area (Å²) in [6, 6.07) is 21.2. The molecule has 5 atom stereocenters. The zero-order valence-electron chi connectivity index (χ0n) is 23.0. The molecule has 0 aromatic heterocycles. The van der Waals surface area contributed by atoms with Gasteiger partial charge in [-0.2, -0.15) is 0 Å². The molecule has 0 aliphatic carbocycles. The normalized spacial score (nSPS) is 23.6. The van der Waals surface area contributed by atoms with Gasteiger partial charge in [0, 0.05) is 6.42 Å². The van der Waals surface area contributed by atoms with Crippen LogP contribution in [0.1, 0.15) is 40.8 Å². The van der Waals surface area contributed by atoms with Gasteiger partial charge in [-0.1, -0.05) is 61.5 Å². The SMILES string of the molecule is CCc1ccc([C@@H]2O[C@H](COC(=O)OCCc3ccccc3)[C@@H](O)[C@H](O)[C@H]2O)cc1Cc1ccc2c(c1)OCCO2. The van der Waals surface area contributed by atoms with Crippen LogP contribution < -0.4 is 9.47 Å². The maximum Gasteiger partial charge on any atom is 0.508 e. The Bertz CT molecular complexity index is 1310. The molecule has 0 amide bonds. The molecule has 41 heavy (non-hydrogen) atoms. The molecule has 0 spiro atoms. The number of rotatable bonds is 9. The Hall–Kier alpha value is -3.63. The van der Waals surface area contributed by atoms with E-state index in [1.165, 1.54) is 0 Å². The lowest BCUT2D eigenvalue weighted by molar-refractivity contribution is -0.232. The van der Waals surface area contributed by atoms with Crippen molar-refractivity contribution in [1.82, 2.24) is 0 Å². The van der Waals surface area contributed by atoms with Crippen molar-refractivity contribution in [2.45, 2.75) is 56.7 Å². The minimum Gasteiger partial charge on any atom is -0.486 e. The summed E-state index contributed by atoms with van der Waals surface area (Å²) in [6.07, 6.45) is -5.28. The number of ether oxygens (including phenoxy) is 5. The van der Waals surface area contributed by atoms with E-state index < -0.39 is 36.7 Å². The highest BCUT2D eigenvalue weighted by Crippen LogP contribution is 2.35. The molecule has 218 valence electrons. The lowest BCUT2D eigenvalue weighted by Crippen LogP contribution is -2.55. The molecular weight excluding hydrogens is 528 g/mol. The molecule has 2 heterocycles. The van der Waals surface area contributed by atoms with Gasteiger partial charge in [0.1, 0.15) is 50.3 Å². The van der Waals surface area contributed by atoms with Gasteiger partial charge in [-0.15, -0.1) is 0 Å². The molecule has 0 radical (unpaired) electrons. The highest BCUT2D eigenvalue weighted by Gasteiger charge is 2.45. The van der Waals surface area contributed by atoms with Crippen molar-refractivity contribution >= 4 is 6.16 Å². The van der Waals surface area contributed by atoms with Crippen LogP contribution in [0.3, 0.4) is 0 Å². The van der Waals surface area contributed by atoms with Gasteiger partial charge < -0.3 is 39.0 Å². The zero-order chi connectivity index (χ0) is 28.8. The molecule has 1 fully saturated rings. The first-order valence-electron chi connectivity index (χ1n) is 14.0. The predicted molar refractivity (Wildman–Crippen MR) is 149 cm³/mol. The number of hydrogen-bond acceptors (Lipinski definition) is 9. The van der Waals surface area contributed by atoms with E-state index in [1.807, 2.05) is 66.7 Å². The van der Waals surface area contributed by atoms with Crippen molar-refractivity contribution in [3.63, 3.8) is 0 Å². The van der Waals surface area contributed by atoms with Gasteiger partial charge in [0.25, 0.3) is 0 Å². The topological polar surface area (TPSA) is 124 Å². The van der Waals surface area contributed by atoms with E-state index >= 15 is 0 Å². The van der Waals surface area contributed by atoms with Crippen LogP contribution in [0.5, 0.6) is 11.5 Å². The second kappa shape index (κ2) is 13.4. The average molecular weight is 565 g/mol. The fraction of sp³-hybridized carbons (Fsp3) is 0.406. The highest BCUT2D eigenvalue weighted by atomic mass is 16.7. The standard InChI is InChI=1S/C32H36O9/c1-2-22-9-10-23(18-24(22)16-21-8-11-25-26(17-21)38-15-14-37-25)31-30(35)29(34)28(33)27(41-31)19-40-32(36)39-13-12-20-6-4-3-5-7-20/h3-11,17-18,27-31,33-35H,2,12-16,19H2,1H3/t27-,28-,29+,30-,31+/m1/s1. The van der Waals surface area contributed by atoms with Crippen LogP contribution in [0.25, 0.3) is 0 Å². The number of aliphatic hydroxyl groups excluding tert-OH is 3. The van der Waals surface area contributed by atoms with Gasteiger partial charge >= 0.3 is 6.16 Å². The largest absolute Gasteiger partial charge is 0.508 e. The third-order valence-electron chi connectivity index (χ3n) is 7.47. The van der Waals surface area contributed by atoms with Crippen molar-refractivity contribution < 1.29 is 43.8 Å². The average Bonchev–Trinajstić information content (AvgIpc) is 3.00. The number of aryl methyl sites for hydroxylation is 1. The molecule has 9 heteroatoms. The molecule has 9 nitrogen and oxygen atoms in total. The molecule has 5 rings (SSSR count). The van der Waals surface area contributed by atoms with Crippen LogP contribution in [0, 0.1) is 0 Å². The van der Waals surface area contributed by atoms with Crippen LogP contribution in [-0.2, 0) is 33.5 Å². The summed E-state index contributed by atoms with van der Waals surface area (Å²) >= 11 is 0. The summed E-state index contributed by atoms with van der Waals surface area (Å²) in [5, 5.41) is 32.0. The van der Waals surface area contributed by atoms with Crippen molar-refractivity contribution in [3.05, 3.63) is 94.5 Å². The first-order chi connectivity index (χ1) is 19.9. The minimum atomic E-state index is -1.50. The van der Waals surface area contributed by atoms with Crippen LogP contribution in [0.15, 0.2) is 66.7 Å². The zero-order valence-corrected chi connectivity index (χ0v) is 23.0. The maximum absolute atomic E-state index is 12.1. The molecule has 0 unspecified atom stereocenters. The summed E-state index contributed by atoms with van der Waals surface area (Å²) in [6.45, 7) is 2.90. The lowest BCUT2D eigenvalue weighted by Gasteiger charge is -2.40. The molecule has 0 saturated carbocycles. The van der Waals surface area contributed by atoms with E-state index in [2.05, 4.69) is 6.92 Å². The first kappa shape index (κ1) is 28.9. The van der Waals surface area contributed by atoms with Gasteiger partial charge in [-0.25, -0.2) is 4.79 Å². The van der Waals surface area contributed by atoms with Crippen molar-refractivity contribution in [3.8, 4) is 11.5 Å². The van der Waals surface area contributed by atoms with E-state index in [0.29, 0.717) is 37.4 Å². The molecule has 0 bridgehead atoms. The third kappa shape index (κ3) is 7.00. The summed E-state index contributed by atoms with van der Waals surface area (Å²) in [5.74, 6) is 1.44. The molecule has 3 aromatic rings. The predicted octanol–water partition coefficient (Wildman–Crippen LogP) is 3.53. The van der Waals surface area contributed by atoms with E-state index in [0.717, 1.165) is 34.4 Å². The Morgan fingerprint density at radius 3 is 2.39 bits per heavy atom. The van der Waals surface area contributed by atoms with Crippen molar-refractivity contribution in [2.24, 2.45) is 0 Å². The highest BCUT2D eigenvalue weighted by molar-refractivity contribution is 5.59. The van der Waals surface area contributed by atoms with Gasteiger partial charge in [-0.05, 0) is 52.8 Å². The Labute approximate surface area is 239 Å². The minimum absolute atomic E-state index is 0.136. The van der Waals surface area contributed by atoms with Gasteiger partial charge in [0.15, 0.2) is 11.5 Å². The maximum atomic E-state index is 12.1. The Kier molecular flexibility index (Phi) is 9.41. The molecule has 3 N–H and O–H groups in total. The van der Waals surface area contributed by atoms with Crippen LogP contribution in [0.4, 0.5) is 4.79 Å². The van der Waals surface area contributed by atoms with Crippen molar-refractivity contribution in [2.75, 3.05) is 26.4 Å². The fourth-order valence-electron chi connectivity index (χ4n) is 5.20.